The molecule has 0 rings (SSSR count). The molecule has 0 aromatic heterocycles. The molecule has 3 nitrogen and oxygen atoms in total. The third kappa shape index (κ3) is 10.9. The largest absolute Gasteiger partial charge is 1.00 e. The Labute approximate surface area is 62.9 Å². The van der Waals surface area contributed by atoms with Crippen molar-refractivity contribution in [3.8, 4) is 0 Å². The Morgan fingerprint density at radius 1 is 1.57 bits per heavy atom. The van der Waals surface area contributed by atoms with Crippen molar-refractivity contribution in [3.05, 3.63) is 0 Å². The minimum absolute atomic E-state index is 0. The molecule has 6 heteroatoms. The van der Waals surface area contributed by atoms with Gasteiger partial charge in [-0.25, -0.2) is 12.8 Å². The van der Waals surface area contributed by atoms with Gasteiger partial charge in [0.25, 0.3) is 0 Å². The van der Waals surface area contributed by atoms with Crippen LogP contribution in [0.15, 0.2) is 0 Å². The van der Waals surface area contributed by atoms with Crippen molar-refractivity contribution < 1.29 is 46.9 Å². The second kappa shape index (κ2) is 3.80. The maximum atomic E-state index is 10.6. The molecule has 0 saturated carbocycles. The van der Waals surface area contributed by atoms with Crippen molar-refractivity contribution in [2.45, 2.75) is 0 Å². The van der Waals surface area contributed by atoms with E-state index < -0.39 is 16.1 Å². The molecule has 0 unspecified atom stereocenters. The van der Waals surface area contributed by atoms with Gasteiger partial charge in [0.15, 0.2) is 6.01 Å². The van der Waals surface area contributed by atoms with E-state index in [1.54, 1.807) is 0 Å². The smallest absolute Gasteiger partial charge is 0.746 e. The summed E-state index contributed by atoms with van der Waals surface area (Å²) < 4.78 is 37.8. The number of halogens is 1. The Morgan fingerprint density at radius 3 is 1.71 bits per heavy atom. The number of hydrogen-bond donors (Lipinski definition) is 0. The van der Waals surface area contributed by atoms with Gasteiger partial charge in [0.2, 0.25) is 0 Å². The Bertz CT molecular complexity index is 117. The van der Waals surface area contributed by atoms with Gasteiger partial charge in [-0.1, -0.05) is 0 Å². The van der Waals surface area contributed by atoms with Crippen molar-refractivity contribution >= 4 is 10.1 Å². The van der Waals surface area contributed by atoms with E-state index in [2.05, 4.69) is 0 Å². The van der Waals surface area contributed by atoms with E-state index >= 15 is 0 Å². The van der Waals surface area contributed by atoms with Crippen LogP contribution in [0.4, 0.5) is 4.39 Å². The van der Waals surface area contributed by atoms with Gasteiger partial charge in [-0.15, -0.1) is 0 Å². The molecule has 0 radical (unpaired) electrons. The molecule has 0 saturated heterocycles. The van der Waals surface area contributed by atoms with Gasteiger partial charge in [0.1, 0.15) is 10.1 Å². The fourth-order valence-electron chi connectivity index (χ4n) is 0. The second-order valence-corrected chi connectivity index (χ2v) is 2.00. The quantitative estimate of drug-likeness (QED) is 0.277. The first-order valence-corrected chi connectivity index (χ1v) is 2.63. The average Bonchev–Trinajstić information content (AvgIpc) is 1.35. The van der Waals surface area contributed by atoms with Crippen LogP contribution in [-0.4, -0.2) is 19.0 Å². The van der Waals surface area contributed by atoms with Gasteiger partial charge < -0.3 is 4.55 Å². The van der Waals surface area contributed by atoms with Crippen LogP contribution in [0.5, 0.6) is 0 Å². The summed E-state index contributed by atoms with van der Waals surface area (Å²) >= 11 is 0. The summed E-state index contributed by atoms with van der Waals surface area (Å²) in [4.78, 5) is 0. The first-order chi connectivity index (χ1) is 2.56. The molecular weight excluding hydrogens is 134 g/mol. The molecule has 0 aliphatic rings. The molecule has 0 aliphatic heterocycles. The average molecular weight is 136 g/mol. The summed E-state index contributed by atoms with van der Waals surface area (Å²) in [6.45, 7) is 0. The van der Waals surface area contributed by atoms with Crippen molar-refractivity contribution in [2.24, 2.45) is 0 Å². The Morgan fingerprint density at radius 2 is 1.71 bits per heavy atom. The zero-order valence-corrected chi connectivity index (χ0v) is 6.53. The molecule has 0 N–H and O–H groups in total. The normalized spacial score (nSPS) is 10.0. The van der Waals surface area contributed by atoms with Crippen molar-refractivity contribution in [2.75, 3.05) is 6.01 Å². The summed E-state index contributed by atoms with van der Waals surface area (Å²) in [5, 5.41) is 0. The molecule has 38 valence electrons. The van der Waals surface area contributed by atoms with Crippen LogP contribution >= 0.6 is 0 Å². The van der Waals surface area contributed by atoms with Crippen LogP contribution in [0, 0.1) is 0 Å². The summed E-state index contributed by atoms with van der Waals surface area (Å²) in [6.07, 6.45) is 0. The fraction of sp³-hybridized carbons (Fsp3) is 1.00. The molecule has 0 bridgehead atoms. The maximum absolute atomic E-state index is 10.6. The van der Waals surface area contributed by atoms with Gasteiger partial charge >= 0.3 is 29.6 Å². The van der Waals surface area contributed by atoms with E-state index in [9.17, 15) is 4.39 Å². The van der Waals surface area contributed by atoms with Gasteiger partial charge in [-0.3, -0.25) is 0 Å². The summed E-state index contributed by atoms with van der Waals surface area (Å²) in [5.74, 6) is 0. The second-order valence-electron chi connectivity index (χ2n) is 0.667. The molecule has 0 spiro atoms. The van der Waals surface area contributed by atoms with Gasteiger partial charge in [-0.05, 0) is 0 Å². The molecule has 0 aromatic carbocycles. The number of hydrogen-bond acceptors (Lipinski definition) is 3. The first kappa shape index (κ1) is 10.8. The van der Waals surface area contributed by atoms with E-state index in [4.69, 9.17) is 13.0 Å². The zero-order valence-electron chi connectivity index (χ0n) is 3.72. The first-order valence-electron chi connectivity index (χ1n) is 1.06. The van der Waals surface area contributed by atoms with Gasteiger partial charge in [-0.2, -0.15) is 0 Å². The zero-order chi connectivity index (χ0) is 5.21. The standard InChI is InChI=1S/CH3FO3S.Na/c2-1-6(3,4)5;/h1H2,(H,3,4,5);/q;+1/p-1. The van der Waals surface area contributed by atoms with Crippen molar-refractivity contribution in [3.63, 3.8) is 0 Å². The molecule has 0 aliphatic carbocycles. The third-order valence-corrected chi connectivity index (χ3v) is 0.401. The minimum atomic E-state index is -4.58. The van der Waals surface area contributed by atoms with Crippen LogP contribution in [-0.2, 0) is 10.1 Å². The predicted octanol–water partition coefficient (Wildman–Crippen LogP) is -3.54. The topological polar surface area (TPSA) is 57.2 Å². The Balaban J connectivity index is 0. The van der Waals surface area contributed by atoms with E-state index in [1.807, 2.05) is 0 Å². The third-order valence-electron chi connectivity index (χ3n) is 0.134. The summed E-state index contributed by atoms with van der Waals surface area (Å²) in [5.41, 5.74) is 0. The van der Waals surface area contributed by atoms with Gasteiger partial charge in [0.05, 0.1) is 0 Å². The molecule has 0 aromatic rings. The van der Waals surface area contributed by atoms with E-state index in [1.165, 1.54) is 0 Å². The number of rotatable bonds is 1. The minimum Gasteiger partial charge on any atom is -0.746 e. The van der Waals surface area contributed by atoms with E-state index in [0.717, 1.165) is 0 Å². The van der Waals surface area contributed by atoms with E-state index in [-0.39, 0.29) is 29.6 Å². The predicted molar refractivity (Wildman–Crippen MR) is 15.7 cm³/mol. The van der Waals surface area contributed by atoms with Crippen molar-refractivity contribution in [1.29, 1.82) is 0 Å². The van der Waals surface area contributed by atoms with Crippen molar-refractivity contribution in [1.82, 2.24) is 0 Å². The SMILES string of the molecule is O=S(=O)([O-])CF.[Na+]. The van der Waals surface area contributed by atoms with Crippen LogP contribution in [0.25, 0.3) is 0 Å². The van der Waals surface area contributed by atoms with Crippen LogP contribution in [0.1, 0.15) is 0 Å². The molecule has 0 heterocycles. The fourth-order valence-corrected chi connectivity index (χ4v) is 0. The van der Waals surface area contributed by atoms with Crippen LogP contribution < -0.4 is 29.6 Å². The maximum Gasteiger partial charge on any atom is 1.00 e. The van der Waals surface area contributed by atoms with Gasteiger partial charge in [0, 0.05) is 0 Å². The van der Waals surface area contributed by atoms with Crippen LogP contribution in [0.2, 0.25) is 0 Å². The molecule has 0 fully saturated rings. The Kier molecular flexibility index (Phi) is 5.83. The molecule has 0 amide bonds. The summed E-state index contributed by atoms with van der Waals surface area (Å²) in [7, 11) is -4.58. The van der Waals surface area contributed by atoms with Crippen LogP contribution in [0.3, 0.4) is 0 Å². The molecule has 7 heavy (non-hydrogen) atoms. The Hall–Kier alpha value is 0.840. The molecular formula is CH2FNaO3S. The van der Waals surface area contributed by atoms with E-state index in [0.29, 0.717) is 0 Å². The molecule has 0 atom stereocenters. The summed E-state index contributed by atoms with van der Waals surface area (Å²) in [6, 6.07) is -1.81. The number of alkyl halides is 1. The monoisotopic (exact) mass is 136 g/mol.